The zero-order chi connectivity index (χ0) is 21.6. The quantitative estimate of drug-likeness (QED) is 0.548. The van der Waals surface area contributed by atoms with Gasteiger partial charge in [0.15, 0.2) is 18.2 Å². The molecule has 172 valence electrons. The number of fused-ring (bicyclic) bond motifs is 2. The highest BCUT2D eigenvalue weighted by Crippen LogP contribution is 2.60. The minimum Gasteiger partial charge on any atom is -0.349 e. The molecule has 5 heteroatoms. The first-order chi connectivity index (χ1) is 14.9. The summed E-state index contributed by atoms with van der Waals surface area (Å²) in [7, 11) is 0. The predicted molar refractivity (Wildman–Crippen MR) is 117 cm³/mol. The Hall–Kier alpha value is -0.980. The van der Waals surface area contributed by atoms with Crippen LogP contribution in [-0.4, -0.2) is 30.1 Å². The highest BCUT2D eigenvalue weighted by atomic mass is 17.3. The second-order valence-corrected chi connectivity index (χ2v) is 10.5. The van der Waals surface area contributed by atoms with Gasteiger partial charge in [-0.3, -0.25) is 0 Å². The van der Waals surface area contributed by atoms with Crippen molar-refractivity contribution >= 4 is 0 Å². The van der Waals surface area contributed by atoms with Gasteiger partial charge in [0.1, 0.15) is 0 Å². The van der Waals surface area contributed by atoms with Gasteiger partial charge in [-0.25, -0.2) is 9.78 Å². The van der Waals surface area contributed by atoms with Crippen molar-refractivity contribution in [3.63, 3.8) is 0 Å². The van der Waals surface area contributed by atoms with Gasteiger partial charge in [0.2, 0.25) is 5.79 Å². The number of benzene rings is 1. The number of hydrogen-bond donors (Lipinski definition) is 0. The van der Waals surface area contributed by atoms with Crippen LogP contribution in [0, 0.1) is 23.7 Å². The number of hydrogen-bond acceptors (Lipinski definition) is 5. The molecule has 1 aromatic rings. The Balaban J connectivity index is 1.40. The van der Waals surface area contributed by atoms with Crippen LogP contribution in [-0.2, 0) is 30.4 Å². The van der Waals surface area contributed by atoms with Gasteiger partial charge in [0.25, 0.3) is 0 Å². The molecule has 5 aliphatic rings. The summed E-state index contributed by atoms with van der Waals surface area (Å²) >= 11 is 0. The smallest absolute Gasteiger partial charge is 0.201 e. The molecule has 1 aliphatic carbocycles. The van der Waals surface area contributed by atoms with Crippen LogP contribution >= 0.6 is 0 Å². The van der Waals surface area contributed by atoms with E-state index in [2.05, 4.69) is 51.1 Å². The normalized spacial score (nSPS) is 45.0. The molecule has 0 radical (unpaired) electrons. The third-order valence-electron chi connectivity index (χ3n) is 8.34. The minimum absolute atomic E-state index is 0.128. The van der Waals surface area contributed by atoms with Crippen molar-refractivity contribution in [1.29, 1.82) is 0 Å². The average Bonchev–Trinajstić information content (AvgIpc) is 2.99. The van der Waals surface area contributed by atoms with Crippen LogP contribution in [0.15, 0.2) is 30.3 Å². The summed E-state index contributed by atoms with van der Waals surface area (Å²) < 4.78 is 19.8. The third kappa shape index (κ3) is 3.76. The van der Waals surface area contributed by atoms with Crippen LogP contribution in [0.25, 0.3) is 0 Å². The molecule has 0 aromatic heterocycles. The van der Waals surface area contributed by atoms with Crippen molar-refractivity contribution in [3.8, 4) is 0 Å². The maximum atomic E-state index is 6.69. The number of ether oxygens (including phenoxy) is 3. The molecule has 0 amide bonds. The molecule has 9 atom stereocenters. The summed E-state index contributed by atoms with van der Waals surface area (Å²) in [4.78, 5) is 12.2. The summed E-state index contributed by atoms with van der Waals surface area (Å²) in [6, 6.07) is 10.6. The Labute approximate surface area is 186 Å². The lowest BCUT2D eigenvalue weighted by atomic mass is 9.58. The Morgan fingerprint density at radius 1 is 1.06 bits per heavy atom. The SMILES string of the molecule is CCC[C@H](Cc1ccccc1)OC1O[C@@H]2O[C@@]3(C)CC[C@H]4[C@H](C)CC[C@@H]([C@H]1C)[C@@]24OO3. The van der Waals surface area contributed by atoms with Gasteiger partial charge in [0, 0.05) is 18.3 Å². The van der Waals surface area contributed by atoms with Crippen LogP contribution < -0.4 is 0 Å². The van der Waals surface area contributed by atoms with Crippen molar-refractivity contribution in [1.82, 2.24) is 0 Å². The lowest BCUT2D eigenvalue weighted by Crippen LogP contribution is -2.70. The molecule has 31 heavy (non-hydrogen) atoms. The molecule has 2 bridgehead atoms. The van der Waals surface area contributed by atoms with E-state index in [0.29, 0.717) is 17.8 Å². The second-order valence-electron chi connectivity index (χ2n) is 10.5. The van der Waals surface area contributed by atoms with Gasteiger partial charge < -0.3 is 14.2 Å². The van der Waals surface area contributed by atoms with E-state index in [1.807, 2.05) is 6.92 Å². The van der Waals surface area contributed by atoms with Crippen molar-refractivity contribution in [2.75, 3.05) is 0 Å². The Morgan fingerprint density at radius 2 is 1.87 bits per heavy atom. The molecule has 6 rings (SSSR count). The Bertz CT molecular complexity index is 755. The second kappa shape index (κ2) is 8.42. The largest absolute Gasteiger partial charge is 0.349 e. The maximum absolute atomic E-state index is 6.69. The van der Waals surface area contributed by atoms with E-state index in [4.69, 9.17) is 24.0 Å². The molecule has 4 saturated heterocycles. The highest BCUT2D eigenvalue weighted by Gasteiger charge is 2.69. The molecule has 1 saturated carbocycles. The summed E-state index contributed by atoms with van der Waals surface area (Å²) in [5.41, 5.74) is 0.786. The Kier molecular flexibility index (Phi) is 5.93. The van der Waals surface area contributed by atoms with Crippen LogP contribution in [0.5, 0.6) is 0 Å². The van der Waals surface area contributed by atoms with Gasteiger partial charge in [-0.15, -0.1) is 0 Å². The lowest BCUT2D eigenvalue weighted by molar-refractivity contribution is -0.578. The molecule has 0 N–H and O–H groups in total. The van der Waals surface area contributed by atoms with E-state index < -0.39 is 17.7 Å². The molecule has 5 fully saturated rings. The van der Waals surface area contributed by atoms with E-state index in [1.54, 1.807) is 0 Å². The number of rotatable bonds is 6. The van der Waals surface area contributed by atoms with Crippen LogP contribution in [0.1, 0.15) is 71.8 Å². The first kappa shape index (κ1) is 21.8. The van der Waals surface area contributed by atoms with Gasteiger partial charge in [0.05, 0.1) is 6.10 Å². The van der Waals surface area contributed by atoms with Crippen LogP contribution in [0.2, 0.25) is 0 Å². The first-order valence-electron chi connectivity index (χ1n) is 12.3. The van der Waals surface area contributed by atoms with Gasteiger partial charge in [-0.05, 0) is 56.4 Å². The van der Waals surface area contributed by atoms with E-state index in [1.165, 1.54) is 12.0 Å². The van der Waals surface area contributed by atoms with Gasteiger partial charge >= 0.3 is 0 Å². The van der Waals surface area contributed by atoms with E-state index in [-0.39, 0.29) is 18.3 Å². The topological polar surface area (TPSA) is 46.2 Å². The molecular formula is C26H38O5. The zero-order valence-corrected chi connectivity index (χ0v) is 19.4. The fourth-order valence-electron chi connectivity index (χ4n) is 6.63. The molecule has 5 nitrogen and oxygen atoms in total. The Morgan fingerprint density at radius 3 is 2.65 bits per heavy atom. The maximum Gasteiger partial charge on any atom is 0.201 e. The molecule has 4 aliphatic heterocycles. The van der Waals surface area contributed by atoms with Crippen LogP contribution in [0.4, 0.5) is 0 Å². The van der Waals surface area contributed by atoms with E-state index in [9.17, 15) is 0 Å². The fourth-order valence-corrected chi connectivity index (χ4v) is 6.63. The van der Waals surface area contributed by atoms with Gasteiger partial charge in [-0.2, -0.15) is 0 Å². The van der Waals surface area contributed by atoms with Crippen molar-refractivity contribution in [3.05, 3.63) is 35.9 Å². The highest BCUT2D eigenvalue weighted by molar-refractivity contribution is 5.15. The first-order valence-corrected chi connectivity index (χ1v) is 12.3. The van der Waals surface area contributed by atoms with Crippen molar-refractivity contribution in [2.45, 2.75) is 103 Å². The molecule has 1 spiro atoms. The van der Waals surface area contributed by atoms with Crippen LogP contribution in [0.3, 0.4) is 0 Å². The summed E-state index contributed by atoms with van der Waals surface area (Å²) in [6.07, 6.45) is 6.60. The van der Waals surface area contributed by atoms with Crippen molar-refractivity contribution < 1.29 is 24.0 Å². The molecule has 4 heterocycles. The van der Waals surface area contributed by atoms with E-state index >= 15 is 0 Å². The van der Waals surface area contributed by atoms with Crippen molar-refractivity contribution in [2.24, 2.45) is 23.7 Å². The van der Waals surface area contributed by atoms with Gasteiger partial charge in [-0.1, -0.05) is 57.5 Å². The van der Waals surface area contributed by atoms with E-state index in [0.717, 1.165) is 38.5 Å². The monoisotopic (exact) mass is 430 g/mol. The third-order valence-corrected chi connectivity index (χ3v) is 8.34. The lowest BCUT2D eigenvalue weighted by Gasteiger charge is -2.60. The summed E-state index contributed by atoms with van der Waals surface area (Å²) in [6.45, 7) is 8.81. The molecule has 1 aromatic carbocycles. The predicted octanol–water partition coefficient (Wildman–Crippen LogP) is 5.62. The summed E-state index contributed by atoms with van der Waals surface area (Å²) in [5.74, 6) is 0.746. The average molecular weight is 431 g/mol. The molecular weight excluding hydrogens is 392 g/mol. The molecule has 1 unspecified atom stereocenters. The fraction of sp³-hybridized carbons (Fsp3) is 0.769. The minimum atomic E-state index is -0.741. The zero-order valence-electron chi connectivity index (χ0n) is 19.4. The summed E-state index contributed by atoms with van der Waals surface area (Å²) in [5, 5.41) is 0. The standard InChI is InChI=1S/C26H38O5/c1-5-9-20(16-19-10-7-6-8-11-19)27-23-18(3)22-13-12-17(2)21-14-15-25(4)29-24(28-23)26(21,22)31-30-25/h6-8,10-11,17-18,20-24H,5,9,12-16H2,1-4H3/t17-,18-,20-,21+,22+,23?,24-,25-,26-/m1/s1.